The summed E-state index contributed by atoms with van der Waals surface area (Å²) in [5.74, 6) is 0. The molecule has 0 unspecified atom stereocenters. The van der Waals surface area contributed by atoms with Crippen LogP contribution in [0.4, 0.5) is 0 Å². The number of hydrogen-bond acceptors (Lipinski definition) is 1. The van der Waals surface area contributed by atoms with E-state index in [1.807, 2.05) is 0 Å². The summed E-state index contributed by atoms with van der Waals surface area (Å²) < 4.78 is 9.10. The third-order valence-corrected chi connectivity index (χ3v) is 0. The van der Waals surface area contributed by atoms with E-state index in [9.17, 15) is 0 Å². The molecule has 0 aliphatic carbocycles. The molecule has 0 saturated heterocycles. The van der Waals surface area contributed by atoms with Crippen molar-refractivity contribution in [2.75, 3.05) is 0 Å². The Hall–Kier alpha value is 0.642. The first-order valence-electron chi connectivity index (χ1n) is 0.841. The second-order valence-electron chi connectivity index (χ2n) is 0.589. The van der Waals surface area contributed by atoms with Crippen LogP contribution in [-0.4, -0.2) is 27.1 Å². The molecule has 0 rings (SSSR count). The molecule has 4 nitrogen and oxygen atoms in total. The van der Waals surface area contributed by atoms with Crippen LogP contribution in [-0.2, 0) is 4.57 Å². The molecular formula is H4AlNO3P. The van der Waals surface area contributed by atoms with Gasteiger partial charge in [0.05, 0.1) is 0 Å². The SMILES string of the molecule is NP(=O)(O)O.[Al]. The summed E-state index contributed by atoms with van der Waals surface area (Å²) in [5, 5.41) is 0. The highest BCUT2D eigenvalue weighted by Gasteiger charge is 1.96. The molecule has 0 amide bonds. The molecule has 0 aliphatic rings. The van der Waals surface area contributed by atoms with E-state index >= 15 is 0 Å². The van der Waals surface area contributed by atoms with Crippen molar-refractivity contribution in [2.24, 2.45) is 5.50 Å². The van der Waals surface area contributed by atoms with E-state index < -0.39 is 7.75 Å². The Morgan fingerprint density at radius 1 is 1.50 bits per heavy atom. The molecule has 0 aromatic carbocycles. The molecule has 0 heterocycles. The average molecular weight is 124 g/mol. The lowest BCUT2D eigenvalue weighted by atomic mass is 13.9. The Labute approximate surface area is 45.7 Å². The van der Waals surface area contributed by atoms with Crippen LogP contribution in [0.5, 0.6) is 0 Å². The van der Waals surface area contributed by atoms with Gasteiger partial charge in [0.15, 0.2) is 0 Å². The van der Waals surface area contributed by atoms with E-state index in [2.05, 4.69) is 5.50 Å². The molecule has 35 valence electrons. The minimum Gasteiger partial charge on any atom is -0.313 e. The molecule has 6 heteroatoms. The van der Waals surface area contributed by atoms with E-state index in [4.69, 9.17) is 14.4 Å². The number of hydrogen-bond donors (Lipinski definition) is 3. The van der Waals surface area contributed by atoms with Crippen molar-refractivity contribution < 1.29 is 14.4 Å². The van der Waals surface area contributed by atoms with Gasteiger partial charge in [-0.3, -0.25) is 0 Å². The van der Waals surface area contributed by atoms with Gasteiger partial charge in [-0.05, 0) is 0 Å². The summed E-state index contributed by atoms with van der Waals surface area (Å²) in [5.41, 5.74) is 4.02. The lowest BCUT2D eigenvalue weighted by molar-refractivity contribution is 0.374. The van der Waals surface area contributed by atoms with Gasteiger partial charge >= 0.3 is 7.75 Å². The van der Waals surface area contributed by atoms with Crippen molar-refractivity contribution in [1.82, 2.24) is 0 Å². The van der Waals surface area contributed by atoms with Gasteiger partial charge in [-0.1, -0.05) is 0 Å². The molecular weight excluding hydrogens is 120 g/mol. The molecule has 0 fully saturated rings. The van der Waals surface area contributed by atoms with Crippen LogP contribution in [0.25, 0.3) is 0 Å². The fraction of sp³-hybridized carbons (Fsp3) is 0. The summed E-state index contributed by atoms with van der Waals surface area (Å²) in [7, 11) is -4.14. The van der Waals surface area contributed by atoms with Crippen molar-refractivity contribution in [3.8, 4) is 0 Å². The summed E-state index contributed by atoms with van der Waals surface area (Å²) >= 11 is 0. The van der Waals surface area contributed by atoms with Gasteiger partial charge in [-0.2, -0.15) is 0 Å². The molecule has 0 bridgehead atoms. The van der Waals surface area contributed by atoms with Gasteiger partial charge < -0.3 is 9.79 Å². The lowest BCUT2D eigenvalue weighted by Crippen LogP contribution is -1.87. The monoisotopic (exact) mass is 124 g/mol. The van der Waals surface area contributed by atoms with Gasteiger partial charge in [0.25, 0.3) is 0 Å². The van der Waals surface area contributed by atoms with Gasteiger partial charge in [0, 0.05) is 17.4 Å². The molecule has 0 atom stereocenters. The maximum absolute atomic E-state index is 9.10. The van der Waals surface area contributed by atoms with Crippen molar-refractivity contribution >= 4 is 25.1 Å². The molecule has 3 radical (unpaired) electrons. The molecule has 4 N–H and O–H groups in total. The van der Waals surface area contributed by atoms with Crippen LogP contribution < -0.4 is 5.50 Å². The highest BCUT2D eigenvalue weighted by Crippen LogP contribution is 2.20. The lowest BCUT2D eigenvalue weighted by Gasteiger charge is -1.84. The molecule has 0 aliphatic heterocycles. The smallest absolute Gasteiger partial charge is 0.313 e. The average Bonchev–Trinajstić information content (AvgIpc) is 0.722. The predicted octanol–water partition coefficient (Wildman–Crippen LogP) is -1.34. The molecule has 0 spiro atoms. The molecule has 0 aromatic rings. The zero-order valence-electron chi connectivity index (χ0n) is 2.90. The van der Waals surface area contributed by atoms with Crippen LogP contribution >= 0.6 is 7.75 Å². The quantitative estimate of drug-likeness (QED) is 0.275. The van der Waals surface area contributed by atoms with E-state index in [0.29, 0.717) is 0 Å². The van der Waals surface area contributed by atoms with Gasteiger partial charge in [0.2, 0.25) is 0 Å². The summed E-state index contributed by atoms with van der Waals surface area (Å²) in [6.07, 6.45) is 0. The molecule has 0 aromatic heterocycles. The highest BCUT2D eigenvalue weighted by molar-refractivity contribution is 7.49. The summed E-state index contributed by atoms with van der Waals surface area (Å²) in [4.78, 5) is 14.8. The Morgan fingerprint density at radius 3 is 1.50 bits per heavy atom. The first-order valence-corrected chi connectivity index (χ1v) is 2.52. The fourth-order valence-electron chi connectivity index (χ4n) is 0. The Bertz CT molecular complexity index is 56.9. The van der Waals surface area contributed by atoms with E-state index in [1.54, 1.807) is 0 Å². The topological polar surface area (TPSA) is 83.6 Å². The van der Waals surface area contributed by atoms with Crippen molar-refractivity contribution in [3.63, 3.8) is 0 Å². The van der Waals surface area contributed by atoms with Crippen molar-refractivity contribution in [3.05, 3.63) is 0 Å². The maximum atomic E-state index is 9.10. The van der Waals surface area contributed by atoms with Crippen LogP contribution in [0.1, 0.15) is 0 Å². The minimum atomic E-state index is -4.14. The molecule has 6 heavy (non-hydrogen) atoms. The summed E-state index contributed by atoms with van der Waals surface area (Å²) in [6, 6.07) is 0. The first-order chi connectivity index (χ1) is 2.00. The summed E-state index contributed by atoms with van der Waals surface area (Å²) in [6.45, 7) is 0. The fourth-order valence-corrected chi connectivity index (χ4v) is 0. The maximum Gasteiger partial charge on any atom is 0.397 e. The van der Waals surface area contributed by atoms with E-state index in [1.165, 1.54) is 0 Å². The van der Waals surface area contributed by atoms with Crippen molar-refractivity contribution in [1.29, 1.82) is 0 Å². The first kappa shape index (κ1) is 9.81. The highest BCUT2D eigenvalue weighted by atomic mass is 31.2. The van der Waals surface area contributed by atoms with Gasteiger partial charge in [0.1, 0.15) is 0 Å². The van der Waals surface area contributed by atoms with Crippen LogP contribution in [0.15, 0.2) is 0 Å². The normalized spacial score (nSPS) is 9.83. The minimum absolute atomic E-state index is 0. The Balaban J connectivity index is 0. The molecule has 0 saturated carbocycles. The Morgan fingerprint density at radius 2 is 1.50 bits per heavy atom. The van der Waals surface area contributed by atoms with Gasteiger partial charge in [-0.25, -0.2) is 10.1 Å². The van der Waals surface area contributed by atoms with Crippen LogP contribution in [0.2, 0.25) is 0 Å². The largest absolute Gasteiger partial charge is 0.397 e. The predicted molar refractivity (Wildman–Crippen MR) is 22.0 cm³/mol. The second-order valence-corrected chi connectivity index (χ2v) is 1.77. The standard InChI is InChI=1S/Al.H4NO3P/c;1-5(2,3)4/h;(H4,1,2,3,4). The van der Waals surface area contributed by atoms with Crippen molar-refractivity contribution in [2.45, 2.75) is 0 Å². The third kappa shape index (κ3) is 149. The second kappa shape index (κ2) is 2.76. The zero-order valence-corrected chi connectivity index (χ0v) is 4.95. The number of nitrogens with two attached hydrogens (primary N) is 1. The number of rotatable bonds is 0. The third-order valence-electron chi connectivity index (χ3n) is 0. The van der Waals surface area contributed by atoms with E-state index in [0.717, 1.165) is 0 Å². The van der Waals surface area contributed by atoms with Crippen LogP contribution in [0.3, 0.4) is 0 Å². The Kier molecular flexibility index (Phi) is 4.51. The van der Waals surface area contributed by atoms with Gasteiger partial charge in [-0.15, -0.1) is 0 Å². The van der Waals surface area contributed by atoms with E-state index in [-0.39, 0.29) is 17.4 Å². The zero-order chi connectivity index (χ0) is 4.50. The van der Waals surface area contributed by atoms with Crippen LogP contribution in [0, 0.1) is 0 Å².